The van der Waals surface area contributed by atoms with Crippen molar-refractivity contribution in [2.24, 2.45) is 0 Å². The fourth-order valence-corrected chi connectivity index (χ4v) is 4.18. The normalized spacial score (nSPS) is 11.3. The van der Waals surface area contributed by atoms with E-state index in [2.05, 4.69) is 77.8 Å². The van der Waals surface area contributed by atoms with E-state index < -0.39 is 0 Å². The Bertz CT molecular complexity index is 1630. The van der Waals surface area contributed by atoms with E-state index in [4.69, 9.17) is 4.98 Å². The molecule has 0 saturated carbocycles. The Hall–Kier alpha value is -3.64. The third kappa shape index (κ3) is 3.98. The summed E-state index contributed by atoms with van der Waals surface area (Å²) in [5.41, 5.74) is 4.79. The van der Waals surface area contributed by atoms with Crippen LogP contribution in [0.25, 0.3) is 49.8 Å². The average molecular weight is 513 g/mol. The molecule has 2 aromatic heterocycles. The number of aromatic nitrogens is 2. The van der Waals surface area contributed by atoms with E-state index in [0.29, 0.717) is 0 Å². The fraction of sp³-hybridized carbons (Fsp3) is 0. The summed E-state index contributed by atoms with van der Waals surface area (Å²) < 4.78 is 0. The van der Waals surface area contributed by atoms with Gasteiger partial charge in [0.15, 0.2) is 0 Å². The quantitative estimate of drug-likeness (QED) is 0.184. The molecule has 0 bridgehead atoms. The minimum atomic E-state index is 0. The first kappa shape index (κ1) is 21.2. The number of para-hydroxylation sites is 1. The van der Waals surface area contributed by atoms with E-state index in [1.54, 1.807) is 0 Å². The first-order valence-corrected chi connectivity index (χ1v) is 10.6. The molecule has 0 unspecified atom stereocenters. The smallest absolute Gasteiger partial charge is 0.306 e. The van der Waals surface area contributed by atoms with Crippen LogP contribution < -0.4 is 0 Å². The Morgan fingerprint density at radius 3 is 2.52 bits per heavy atom. The van der Waals surface area contributed by atoms with Crippen molar-refractivity contribution in [3.8, 4) is 11.3 Å². The molecule has 6 aromatic rings. The van der Waals surface area contributed by atoms with Crippen molar-refractivity contribution in [1.82, 2.24) is 9.97 Å². The van der Waals surface area contributed by atoms with E-state index in [0.717, 1.165) is 49.6 Å². The molecule has 158 valence electrons. The van der Waals surface area contributed by atoms with Gasteiger partial charge in [-0.25, -0.2) is 0 Å². The molecule has 2 nitrogen and oxygen atoms in total. The molecule has 33 heavy (non-hydrogen) atoms. The molecule has 0 atom stereocenters. The Kier molecular flexibility index (Phi) is 5.84. The van der Waals surface area contributed by atoms with Gasteiger partial charge in [-0.3, -0.25) is 0 Å². The predicted octanol–water partition coefficient (Wildman–Crippen LogP) is 7.27. The van der Waals surface area contributed by atoms with Crippen LogP contribution in [-0.4, -0.2) is 9.97 Å². The van der Waals surface area contributed by atoms with Gasteiger partial charge in [-0.1, -0.05) is 60.2 Å². The minimum absolute atomic E-state index is 0. The van der Waals surface area contributed by atoms with Crippen LogP contribution in [0.3, 0.4) is 0 Å². The molecule has 0 N–H and O–H groups in total. The van der Waals surface area contributed by atoms with E-state index in [1.807, 2.05) is 48.7 Å². The van der Waals surface area contributed by atoms with E-state index in [9.17, 15) is 0 Å². The van der Waals surface area contributed by atoms with Crippen molar-refractivity contribution in [1.29, 1.82) is 0 Å². The van der Waals surface area contributed by atoms with Crippen LogP contribution >= 0.6 is 0 Å². The first-order valence-electron chi connectivity index (χ1n) is 10.6. The monoisotopic (exact) mass is 512 g/mol. The van der Waals surface area contributed by atoms with Crippen LogP contribution in [0.4, 0.5) is 0 Å². The number of hydrogen-bond acceptors (Lipinski definition) is 2. The van der Waals surface area contributed by atoms with Crippen LogP contribution in [0, 0.1) is 12.1 Å². The van der Waals surface area contributed by atoms with Gasteiger partial charge >= 0.3 is 20.4 Å². The number of hydrogen-bond donors (Lipinski definition) is 0. The van der Waals surface area contributed by atoms with Crippen molar-refractivity contribution < 1.29 is 20.4 Å². The standard InChI is InChI=1S/C30H18N2.Pd/c1-3-12-25-21(7-1)9-6-14-27(25)29-18-16-24-11-5-10-23(30(24)32-29)15-17-28-26-13-4-2-8-22(26)19-20-31-28;/h1-11,13-14,16-20H;/q-2;+2. The number of pyridine rings is 2. The van der Waals surface area contributed by atoms with Crippen LogP contribution in [0.2, 0.25) is 0 Å². The fourth-order valence-electron chi connectivity index (χ4n) is 4.18. The molecule has 0 amide bonds. The molecule has 0 fully saturated rings. The van der Waals surface area contributed by atoms with Crippen LogP contribution in [0.5, 0.6) is 0 Å². The molecule has 4 aromatic carbocycles. The van der Waals surface area contributed by atoms with Gasteiger partial charge < -0.3 is 9.97 Å². The SMILES string of the molecule is [C-](=Cc1nccc2ccccc12)c1cccc2ccc(-c3cccc4ccc[c-]c34)nc12.[Pd+2]. The van der Waals surface area contributed by atoms with Crippen molar-refractivity contribution in [2.45, 2.75) is 0 Å². The summed E-state index contributed by atoms with van der Waals surface area (Å²) in [7, 11) is 0. The molecule has 2 heterocycles. The first-order chi connectivity index (χ1) is 15.9. The Labute approximate surface area is 206 Å². The summed E-state index contributed by atoms with van der Waals surface area (Å²) in [6, 6.07) is 36.4. The van der Waals surface area contributed by atoms with Gasteiger partial charge in [-0.05, 0) is 39.5 Å². The number of fused-ring (bicyclic) bond motifs is 3. The maximum Gasteiger partial charge on any atom is 2.00 e. The second-order valence-corrected chi connectivity index (χ2v) is 7.72. The van der Waals surface area contributed by atoms with Gasteiger partial charge in [0.1, 0.15) is 0 Å². The maximum absolute atomic E-state index is 5.05. The van der Waals surface area contributed by atoms with Gasteiger partial charge in [-0.2, -0.15) is 0 Å². The summed E-state index contributed by atoms with van der Waals surface area (Å²) in [6.07, 6.45) is 7.25. The summed E-state index contributed by atoms with van der Waals surface area (Å²) in [5, 5.41) is 5.61. The molecule has 0 saturated heterocycles. The molecular formula is C30H18N2Pd. The van der Waals surface area contributed by atoms with Crippen molar-refractivity contribution in [3.05, 3.63) is 127 Å². The Balaban J connectivity index is 0.00000228. The van der Waals surface area contributed by atoms with Crippen molar-refractivity contribution in [3.63, 3.8) is 0 Å². The summed E-state index contributed by atoms with van der Waals surface area (Å²) >= 11 is 0. The Morgan fingerprint density at radius 1 is 0.727 bits per heavy atom. The maximum atomic E-state index is 5.05. The van der Waals surface area contributed by atoms with Crippen molar-refractivity contribution in [2.75, 3.05) is 0 Å². The van der Waals surface area contributed by atoms with Gasteiger partial charge in [0.2, 0.25) is 0 Å². The van der Waals surface area contributed by atoms with Gasteiger partial charge in [0.25, 0.3) is 0 Å². The Morgan fingerprint density at radius 2 is 1.55 bits per heavy atom. The summed E-state index contributed by atoms with van der Waals surface area (Å²) in [4.78, 5) is 9.61. The third-order valence-corrected chi connectivity index (χ3v) is 5.76. The second kappa shape index (κ2) is 9.08. The molecule has 0 spiro atoms. The molecule has 0 aliphatic rings. The molecule has 3 heteroatoms. The zero-order valence-electron chi connectivity index (χ0n) is 17.6. The predicted molar refractivity (Wildman–Crippen MR) is 132 cm³/mol. The molecule has 0 aliphatic carbocycles. The zero-order valence-corrected chi connectivity index (χ0v) is 19.2. The van der Waals surface area contributed by atoms with E-state index in [1.165, 1.54) is 5.39 Å². The van der Waals surface area contributed by atoms with Crippen LogP contribution in [-0.2, 0) is 20.4 Å². The molecular weight excluding hydrogens is 495 g/mol. The number of nitrogens with zero attached hydrogens (tertiary/aromatic N) is 2. The van der Waals surface area contributed by atoms with Gasteiger partial charge in [-0.15, -0.1) is 64.9 Å². The van der Waals surface area contributed by atoms with Gasteiger partial charge in [0.05, 0.1) is 0 Å². The second-order valence-electron chi connectivity index (χ2n) is 7.72. The molecule has 0 aliphatic heterocycles. The van der Waals surface area contributed by atoms with Crippen molar-refractivity contribution >= 4 is 38.5 Å². The van der Waals surface area contributed by atoms with Crippen LogP contribution in [0.1, 0.15) is 11.3 Å². The largest absolute Gasteiger partial charge is 2.00 e. The van der Waals surface area contributed by atoms with E-state index in [-0.39, 0.29) is 20.4 Å². The average Bonchev–Trinajstić information content (AvgIpc) is 2.87. The summed E-state index contributed by atoms with van der Waals surface area (Å²) in [6.45, 7) is 0. The van der Waals surface area contributed by atoms with E-state index >= 15 is 0 Å². The third-order valence-electron chi connectivity index (χ3n) is 5.76. The minimum Gasteiger partial charge on any atom is -0.306 e. The number of rotatable bonds is 3. The topological polar surface area (TPSA) is 25.8 Å². The zero-order chi connectivity index (χ0) is 21.3. The van der Waals surface area contributed by atoms with Crippen LogP contribution in [0.15, 0.2) is 103 Å². The molecule has 6 rings (SSSR count). The number of benzene rings is 4. The summed E-state index contributed by atoms with van der Waals surface area (Å²) in [5.74, 6) is 0. The molecule has 0 radical (unpaired) electrons. The van der Waals surface area contributed by atoms with Gasteiger partial charge in [0, 0.05) is 11.9 Å².